The van der Waals surface area contributed by atoms with E-state index in [1.54, 1.807) is 0 Å². The van der Waals surface area contributed by atoms with Crippen molar-refractivity contribution in [1.29, 1.82) is 0 Å². The number of hydrogen-bond acceptors (Lipinski definition) is 1. The van der Waals surface area contributed by atoms with Crippen LogP contribution in [0.15, 0.2) is 43.1 Å². The largest absolute Gasteiger partial charge is 0.383 e. The minimum atomic E-state index is 0.995. The molecule has 2 aromatic rings. The van der Waals surface area contributed by atoms with Crippen molar-refractivity contribution in [3.63, 3.8) is 0 Å². The maximum Gasteiger partial charge on any atom is 0.0461 e. The second-order valence-corrected chi connectivity index (χ2v) is 4.52. The number of hydrogen-bond donors (Lipinski definition) is 1. The van der Waals surface area contributed by atoms with E-state index in [0.717, 1.165) is 11.3 Å². The number of aromatic nitrogens is 1. The smallest absolute Gasteiger partial charge is 0.0461 e. The summed E-state index contributed by atoms with van der Waals surface area (Å²) in [7, 11) is 4.00. The monoisotopic (exact) mass is 226 g/mol. The quantitative estimate of drug-likeness (QED) is 0.793. The second-order valence-electron chi connectivity index (χ2n) is 4.52. The molecule has 0 unspecified atom stereocenters. The maximum absolute atomic E-state index is 4.08. The molecule has 0 amide bonds. The van der Waals surface area contributed by atoms with Crippen LogP contribution in [0.4, 0.5) is 0 Å². The van der Waals surface area contributed by atoms with Gasteiger partial charge in [0.2, 0.25) is 0 Å². The molecule has 1 heterocycles. The Bertz CT molecular complexity index is 574. The van der Waals surface area contributed by atoms with Crippen LogP contribution in [0.1, 0.15) is 11.3 Å². The lowest BCUT2D eigenvalue weighted by molar-refractivity contribution is 0.564. The first-order valence-electron chi connectivity index (χ1n) is 5.70. The van der Waals surface area contributed by atoms with Gasteiger partial charge in [0, 0.05) is 30.7 Å². The number of fused-ring (bicyclic) bond motifs is 1. The van der Waals surface area contributed by atoms with Crippen LogP contribution in [-0.4, -0.2) is 24.0 Å². The first-order chi connectivity index (χ1) is 8.08. The van der Waals surface area contributed by atoms with Crippen molar-refractivity contribution in [2.75, 3.05) is 14.1 Å². The molecule has 0 atom stereocenters. The summed E-state index contributed by atoms with van der Waals surface area (Å²) >= 11 is 0. The van der Waals surface area contributed by atoms with E-state index in [9.17, 15) is 0 Å². The minimum Gasteiger partial charge on any atom is -0.383 e. The molecule has 2 rings (SSSR count). The van der Waals surface area contributed by atoms with Crippen LogP contribution in [0, 0.1) is 6.92 Å². The molecule has 2 nitrogen and oxygen atoms in total. The van der Waals surface area contributed by atoms with Crippen LogP contribution in [0.3, 0.4) is 0 Å². The van der Waals surface area contributed by atoms with Crippen LogP contribution in [-0.2, 0) is 0 Å². The minimum absolute atomic E-state index is 0.995. The molecule has 0 aliphatic heterocycles. The molecule has 0 aliphatic carbocycles. The summed E-state index contributed by atoms with van der Waals surface area (Å²) < 4.78 is 0. The Kier molecular flexibility index (Phi) is 3.05. The third-order valence-corrected chi connectivity index (χ3v) is 2.80. The van der Waals surface area contributed by atoms with E-state index in [0.29, 0.717) is 0 Å². The van der Waals surface area contributed by atoms with Gasteiger partial charge in [0.1, 0.15) is 0 Å². The van der Waals surface area contributed by atoms with Crippen LogP contribution >= 0.6 is 0 Å². The molecule has 0 aliphatic rings. The van der Waals surface area contributed by atoms with Crippen molar-refractivity contribution in [3.05, 3.63) is 54.4 Å². The summed E-state index contributed by atoms with van der Waals surface area (Å²) in [6.07, 6.45) is 4.01. The summed E-state index contributed by atoms with van der Waals surface area (Å²) in [5.74, 6) is 0. The maximum atomic E-state index is 4.08. The molecule has 17 heavy (non-hydrogen) atoms. The normalized spacial score (nSPS) is 11.2. The standard InChI is InChI=1S/C15H18N2/c1-11-6-5-7-14-13(11)10-15(16-14)12(2)8-9-17(3)4/h5-10,16H,2H2,1,3-4H3/b9-8-. The van der Waals surface area contributed by atoms with Gasteiger partial charge < -0.3 is 9.88 Å². The molecule has 0 saturated heterocycles. The first-order valence-corrected chi connectivity index (χ1v) is 5.70. The fourth-order valence-corrected chi connectivity index (χ4v) is 1.81. The SMILES string of the molecule is C=C(/C=C\N(C)C)c1cc2c(C)cccc2[nH]1. The molecule has 1 aromatic heterocycles. The van der Waals surface area contributed by atoms with E-state index in [1.165, 1.54) is 16.5 Å². The topological polar surface area (TPSA) is 19.0 Å². The molecular weight excluding hydrogens is 208 g/mol. The number of aryl methyl sites for hydroxylation is 1. The van der Waals surface area contributed by atoms with Gasteiger partial charge in [-0.15, -0.1) is 0 Å². The highest BCUT2D eigenvalue weighted by Gasteiger charge is 2.03. The summed E-state index contributed by atoms with van der Waals surface area (Å²) in [6.45, 7) is 6.20. The molecule has 0 spiro atoms. The Morgan fingerprint density at radius 1 is 1.35 bits per heavy atom. The van der Waals surface area contributed by atoms with Crippen LogP contribution in [0.25, 0.3) is 16.5 Å². The average Bonchev–Trinajstić information content (AvgIpc) is 2.71. The summed E-state index contributed by atoms with van der Waals surface area (Å²) in [5.41, 5.74) is 4.52. The third kappa shape index (κ3) is 2.41. The highest BCUT2D eigenvalue weighted by atomic mass is 15.0. The van der Waals surface area contributed by atoms with Gasteiger partial charge in [-0.3, -0.25) is 0 Å². The fourth-order valence-electron chi connectivity index (χ4n) is 1.81. The Morgan fingerprint density at radius 2 is 2.12 bits per heavy atom. The molecule has 1 aromatic carbocycles. The number of aromatic amines is 1. The van der Waals surface area contributed by atoms with Crippen LogP contribution in [0.5, 0.6) is 0 Å². The van der Waals surface area contributed by atoms with Crippen molar-refractivity contribution in [2.45, 2.75) is 6.92 Å². The van der Waals surface area contributed by atoms with Crippen molar-refractivity contribution in [1.82, 2.24) is 9.88 Å². The molecule has 0 radical (unpaired) electrons. The summed E-state index contributed by atoms with van der Waals surface area (Å²) in [6, 6.07) is 8.44. The van der Waals surface area contributed by atoms with E-state index in [1.807, 2.05) is 31.3 Å². The van der Waals surface area contributed by atoms with Gasteiger partial charge in [-0.25, -0.2) is 0 Å². The zero-order valence-corrected chi connectivity index (χ0v) is 10.6. The van der Waals surface area contributed by atoms with Gasteiger partial charge in [0.05, 0.1) is 0 Å². The molecular formula is C15H18N2. The van der Waals surface area contributed by atoms with Crippen LogP contribution < -0.4 is 0 Å². The number of benzene rings is 1. The highest BCUT2D eigenvalue weighted by Crippen LogP contribution is 2.23. The van der Waals surface area contributed by atoms with Gasteiger partial charge in [0.15, 0.2) is 0 Å². The molecule has 1 N–H and O–H groups in total. The lowest BCUT2D eigenvalue weighted by atomic mass is 10.1. The van der Waals surface area contributed by atoms with Crippen molar-refractivity contribution in [3.8, 4) is 0 Å². The molecule has 0 fully saturated rings. The lowest BCUT2D eigenvalue weighted by Crippen LogP contribution is -1.99. The first kappa shape index (κ1) is 11.5. The number of nitrogens with one attached hydrogen (secondary N) is 1. The van der Waals surface area contributed by atoms with E-state index < -0.39 is 0 Å². The van der Waals surface area contributed by atoms with Gasteiger partial charge in [-0.05, 0) is 42.5 Å². The van der Waals surface area contributed by atoms with Crippen molar-refractivity contribution in [2.24, 2.45) is 0 Å². The van der Waals surface area contributed by atoms with E-state index >= 15 is 0 Å². The third-order valence-electron chi connectivity index (χ3n) is 2.80. The van der Waals surface area contributed by atoms with Gasteiger partial charge >= 0.3 is 0 Å². The number of nitrogens with zero attached hydrogens (tertiary/aromatic N) is 1. The number of rotatable bonds is 3. The second kappa shape index (κ2) is 4.50. The van der Waals surface area contributed by atoms with Gasteiger partial charge in [0.25, 0.3) is 0 Å². The summed E-state index contributed by atoms with van der Waals surface area (Å²) in [4.78, 5) is 5.39. The molecule has 2 heteroatoms. The van der Waals surface area contributed by atoms with E-state index in [2.05, 4.69) is 42.8 Å². The zero-order chi connectivity index (χ0) is 12.4. The Balaban J connectivity index is 2.37. The zero-order valence-electron chi connectivity index (χ0n) is 10.6. The van der Waals surface area contributed by atoms with Crippen LogP contribution in [0.2, 0.25) is 0 Å². The Labute approximate surface area is 102 Å². The highest BCUT2D eigenvalue weighted by molar-refractivity contribution is 5.88. The van der Waals surface area contributed by atoms with Gasteiger partial charge in [-0.1, -0.05) is 18.7 Å². The van der Waals surface area contributed by atoms with E-state index in [4.69, 9.17) is 0 Å². The van der Waals surface area contributed by atoms with Crippen molar-refractivity contribution >= 4 is 16.5 Å². The summed E-state index contributed by atoms with van der Waals surface area (Å²) in [5, 5.41) is 1.27. The molecule has 0 bridgehead atoms. The Morgan fingerprint density at radius 3 is 2.76 bits per heavy atom. The fraction of sp³-hybridized carbons (Fsp3) is 0.200. The predicted molar refractivity (Wildman–Crippen MR) is 74.9 cm³/mol. The van der Waals surface area contributed by atoms with E-state index in [-0.39, 0.29) is 0 Å². The number of allylic oxidation sites excluding steroid dienone is 2. The molecule has 88 valence electrons. The average molecular weight is 226 g/mol. The predicted octanol–water partition coefficient (Wildman–Crippen LogP) is 3.56. The Hall–Kier alpha value is -1.96. The number of H-pyrrole nitrogens is 1. The van der Waals surface area contributed by atoms with Gasteiger partial charge in [-0.2, -0.15) is 0 Å². The molecule has 0 saturated carbocycles. The van der Waals surface area contributed by atoms with Crippen molar-refractivity contribution < 1.29 is 0 Å². The lowest BCUT2D eigenvalue weighted by Gasteiger charge is -2.03.